The Kier molecular flexibility index (Phi) is 6.49. The molecule has 1 aromatic rings. The summed E-state index contributed by atoms with van der Waals surface area (Å²) in [6.07, 6.45) is 0. The van der Waals surface area contributed by atoms with E-state index in [1.807, 2.05) is 29.2 Å². The predicted octanol–water partition coefficient (Wildman–Crippen LogP) is 1.30. The van der Waals surface area contributed by atoms with E-state index in [4.69, 9.17) is 4.74 Å². The van der Waals surface area contributed by atoms with Gasteiger partial charge in [0.2, 0.25) is 5.91 Å². The highest BCUT2D eigenvalue weighted by molar-refractivity contribution is 14.1. The van der Waals surface area contributed by atoms with Gasteiger partial charge < -0.3 is 19.9 Å². The van der Waals surface area contributed by atoms with Crippen molar-refractivity contribution in [2.45, 2.75) is 0 Å². The summed E-state index contributed by atoms with van der Waals surface area (Å²) < 4.78 is 6.41. The van der Waals surface area contributed by atoms with Crippen LogP contribution in [0.2, 0.25) is 0 Å². The lowest BCUT2D eigenvalue weighted by molar-refractivity contribution is -0.136. The number of carbonyl (C=O) groups excluding carboxylic acids is 2. The van der Waals surface area contributed by atoms with E-state index in [-0.39, 0.29) is 11.9 Å². The average molecular weight is 458 g/mol. The number of benzene rings is 1. The van der Waals surface area contributed by atoms with Gasteiger partial charge in [-0.1, -0.05) is 0 Å². The Morgan fingerprint density at radius 1 is 0.960 bits per heavy atom. The molecule has 0 bridgehead atoms. The number of morpholine rings is 1. The molecule has 8 heteroatoms. The average Bonchev–Trinajstić information content (AvgIpc) is 2.65. The number of urea groups is 1. The number of hydrogen-bond donors (Lipinski definition) is 1. The second kappa shape index (κ2) is 8.81. The van der Waals surface area contributed by atoms with Gasteiger partial charge in [-0.25, -0.2) is 4.79 Å². The Morgan fingerprint density at radius 2 is 1.60 bits per heavy atom. The van der Waals surface area contributed by atoms with Crippen LogP contribution in [0.4, 0.5) is 10.5 Å². The SMILES string of the molecule is O=C(CN1CCN(C(=O)Nc2ccc(I)cc2)CC1)N1CCOCC1. The zero-order valence-electron chi connectivity index (χ0n) is 14.1. The molecule has 2 aliphatic rings. The molecule has 1 N–H and O–H groups in total. The number of anilines is 1. The molecule has 3 amide bonds. The first-order valence-corrected chi connectivity index (χ1v) is 9.59. The van der Waals surface area contributed by atoms with E-state index in [1.54, 1.807) is 4.90 Å². The Morgan fingerprint density at radius 3 is 2.24 bits per heavy atom. The van der Waals surface area contributed by atoms with E-state index in [0.717, 1.165) is 22.3 Å². The predicted molar refractivity (Wildman–Crippen MR) is 104 cm³/mol. The van der Waals surface area contributed by atoms with Gasteiger partial charge in [0.15, 0.2) is 0 Å². The molecule has 0 atom stereocenters. The van der Waals surface area contributed by atoms with Gasteiger partial charge in [-0.3, -0.25) is 9.69 Å². The van der Waals surface area contributed by atoms with Crippen LogP contribution in [-0.4, -0.2) is 85.7 Å². The third kappa shape index (κ3) is 5.29. The zero-order chi connectivity index (χ0) is 17.6. The van der Waals surface area contributed by atoms with Crippen molar-refractivity contribution in [1.29, 1.82) is 0 Å². The molecule has 0 aliphatic carbocycles. The number of ether oxygens (including phenoxy) is 1. The number of rotatable bonds is 3. The maximum absolute atomic E-state index is 12.3. The Bertz CT molecular complexity index is 596. The van der Waals surface area contributed by atoms with Crippen LogP contribution in [0.3, 0.4) is 0 Å². The lowest BCUT2D eigenvalue weighted by Crippen LogP contribution is -2.53. The second-order valence-electron chi connectivity index (χ2n) is 6.19. The topological polar surface area (TPSA) is 65.1 Å². The van der Waals surface area contributed by atoms with Crippen molar-refractivity contribution < 1.29 is 14.3 Å². The normalized spacial score (nSPS) is 18.9. The van der Waals surface area contributed by atoms with E-state index in [2.05, 4.69) is 32.8 Å². The minimum absolute atomic E-state index is 0.0830. The molecule has 25 heavy (non-hydrogen) atoms. The molecule has 2 fully saturated rings. The molecule has 2 aliphatic heterocycles. The molecule has 0 spiro atoms. The molecule has 3 rings (SSSR count). The van der Waals surface area contributed by atoms with Crippen LogP contribution in [0.15, 0.2) is 24.3 Å². The highest BCUT2D eigenvalue weighted by Gasteiger charge is 2.24. The zero-order valence-corrected chi connectivity index (χ0v) is 16.3. The molecular formula is C17H23IN4O3. The van der Waals surface area contributed by atoms with Crippen molar-refractivity contribution in [3.63, 3.8) is 0 Å². The van der Waals surface area contributed by atoms with Crippen LogP contribution < -0.4 is 5.32 Å². The van der Waals surface area contributed by atoms with Gasteiger partial charge in [0.25, 0.3) is 0 Å². The first kappa shape index (κ1) is 18.4. The number of carbonyl (C=O) groups is 2. The molecular weight excluding hydrogens is 435 g/mol. The van der Waals surface area contributed by atoms with E-state index in [9.17, 15) is 9.59 Å². The van der Waals surface area contributed by atoms with Crippen LogP contribution in [0.5, 0.6) is 0 Å². The smallest absolute Gasteiger partial charge is 0.321 e. The van der Waals surface area contributed by atoms with Crippen molar-refractivity contribution in [2.75, 3.05) is 64.3 Å². The number of halogens is 1. The Labute approximate surface area is 161 Å². The lowest BCUT2D eigenvalue weighted by Gasteiger charge is -2.36. The van der Waals surface area contributed by atoms with Gasteiger partial charge in [-0.05, 0) is 46.9 Å². The fourth-order valence-electron chi connectivity index (χ4n) is 2.95. The Balaban J connectivity index is 1.42. The molecule has 0 radical (unpaired) electrons. The third-order valence-electron chi connectivity index (χ3n) is 4.48. The molecule has 2 saturated heterocycles. The highest BCUT2D eigenvalue weighted by Crippen LogP contribution is 2.13. The van der Waals surface area contributed by atoms with Gasteiger partial charge >= 0.3 is 6.03 Å². The first-order chi connectivity index (χ1) is 12.1. The maximum Gasteiger partial charge on any atom is 0.321 e. The molecule has 0 unspecified atom stereocenters. The minimum atomic E-state index is -0.0830. The monoisotopic (exact) mass is 458 g/mol. The molecule has 7 nitrogen and oxygen atoms in total. The summed E-state index contributed by atoms with van der Waals surface area (Å²) in [7, 11) is 0. The summed E-state index contributed by atoms with van der Waals surface area (Å²) in [5.41, 5.74) is 0.801. The summed E-state index contributed by atoms with van der Waals surface area (Å²) >= 11 is 2.23. The maximum atomic E-state index is 12.3. The van der Waals surface area contributed by atoms with Crippen molar-refractivity contribution in [1.82, 2.24) is 14.7 Å². The third-order valence-corrected chi connectivity index (χ3v) is 5.20. The lowest BCUT2D eigenvalue weighted by atomic mass is 10.3. The number of nitrogens with one attached hydrogen (secondary N) is 1. The van der Waals surface area contributed by atoms with Crippen molar-refractivity contribution in [3.05, 3.63) is 27.8 Å². The van der Waals surface area contributed by atoms with E-state index >= 15 is 0 Å². The molecule has 0 saturated carbocycles. The minimum Gasteiger partial charge on any atom is -0.378 e. The number of nitrogens with zero attached hydrogens (tertiary/aromatic N) is 3. The van der Waals surface area contributed by atoms with E-state index in [0.29, 0.717) is 45.9 Å². The number of amides is 3. The molecule has 2 heterocycles. The van der Waals surface area contributed by atoms with Crippen LogP contribution in [0, 0.1) is 3.57 Å². The van der Waals surface area contributed by atoms with Crippen LogP contribution >= 0.6 is 22.6 Å². The van der Waals surface area contributed by atoms with Gasteiger partial charge in [0.05, 0.1) is 19.8 Å². The number of hydrogen-bond acceptors (Lipinski definition) is 4. The highest BCUT2D eigenvalue weighted by atomic mass is 127. The second-order valence-corrected chi connectivity index (χ2v) is 7.44. The fraction of sp³-hybridized carbons (Fsp3) is 0.529. The standard InChI is InChI=1S/C17H23IN4O3/c18-14-1-3-15(4-2-14)19-17(24)22-7-5-20(6-8-22)13-16(23)21-9-11-25-12-10-21/h1-4H,5-13H2,(H,19,24). The van der Waals surface area contributed by atoms with E-state index < -0.39 is 0 Å². The van der Waals surface area contributed by atoms with Crippen LogP contribution in [-0.2, 0) is 9.53 Å². The van der Waals surface area contributed by atoms with Crippen LogP contribution in [0.25, 0.3) is 0 Å². The summed E-state index contributed by atoms with van der Waals surface area (Å²) in [6.45, 7) is 5.73. The molecule has 0 aromatic heterocycles. The first-order valence-electron chi connectivity index (χ1n) is 8.51. The molecule has 136 valence electrons. The van der Waals surface area contributed by atoms with Gasteiger partial charge in [0, 0.05) is 48.5 Å². The van der Waals surface area contributed by atoms with Crippen molar-refractivity contribution >= 4 is 40.2 Å². The van der Waals surface area contributed by atoms with Gasteiger partial charge in [0.1, 0.15) is 0 Å². The van der Waals surface area contributed by atoms with Crippen molar-refractivity contribution in [3.8, 4) is 0 Å². The number of piperazine rings is 1. The quantitative estimate of drug-likeness (QED) is 0.694. The fourth-order valence-corrected chi connectivity index (χ4v) is 3.31. The van der Waals surface area contributed by atoms with Crippen LogP contribution in [0.1, 0.15) is 0 Å². The van der Waals surface area contributed by atoms with Gasteiger partial charge in [-0.2, -0.15) is 0 Å². The van der Waals surface area contributed by atoms with Gasteiger partial charge in [-0.15, -0.1) is 0 Å². The van der Waals surface area contributed by atoms with E-state index in [1.165, 1.54) is 0 Å². The summed E-state index contributed by atoms with van der Waals surface area (Å²) in [6, 6.07) is 7.64. The largest absolute Gasteiger partial charge is 0.378 e. The Hall–Kier alpha value is -1.39. The summed E-state index contributed by atoms with van der Waals surface area (Å²) in [5.74, 6) is 0.153. The summed E-state index contributed by atoms with van der Waals surface area (Å²) in [5, 5.41) is 2.92. The van der Waals surface area contributed by atoms with Crippen molar-refractivity contribution in [2.24, 2.45) is 0 Å². The molecule has 1 aromatic carbocycles. The summed E-state index contributed by atoms with van der Waals surface area (Å²) in [4.78, 5) is 30.4.